The Balaban J connectivity index is 1.89. The molecular formula is C11H15NOS. The molecule has 0 N–H and O–H groups in total. The number of hydrogen-bond donors (Lipinski definition) is 0. The molecule has 1 aliphatic carbocycles. The van der Waals surface area contributed by atoms with Crippen LogP contribution in [0.1, 0.15) is 36.4 Å². The maximum atomic E-state index is 11.1. The number of carbonyl (C=O) groups excluding carboxylic acids is 1. The molecule has 1 saturated carbocycles. The van der Waals surface area contributed by atoms with Gasteiger partial charge in [0.25, 0.3) is 0 Å². The van der Waals surface area contributed by atoms with Crippen molar-refractivity contribution in [1.29, 1.82) is 0 Å². The van der Waals surface area contributed by atoms with E-state index in [1.165, 1.54) is 5.01 Å². The van der Waals surface area contributed by atoms with Crippen molar-refractivity contribution in [1.82, 2.24) is 4.98 Å². The number of nitrogens with zero attached hydrogens (tertiary/aromatic N) is 1. The van der Waals surface area contributed by atoms with Crippen LogP contribution in [0.3, 0.4) is 0 Å². The average Bonchev–Trinajstić information content (AvgIpc) is 2.56. The lowest BCUT2D eigenvalue weighted by atomic mass is 9.86. The van der Waals surface area contributed by atoms with Gasteiger partial charge in [0.1, 0.15) is 5.78 Å². The Bertz CT molecular complexity index is 322. The zero-order chi connectivity index (χ0) is 9.97. The van der Waals surface area contributed by atoms with Crippen molar-refractivity contribution in [2.75, 3.05) is 0 Å². The molecule has 0 bridgehead atoms. The van der Waals surface area contributed by atoms with E-state index in [0.29, 0.717) is 11.7 Å². The first-order valence-corrected chi connectivity index (χ1v) is 6.04. The predicted octanol–water partition coefficient (Wildman–Crippen LogP) is 2.75. The molecule has 0 amide bonds. The van der Waals surface area contributed by atoms with Crippen molar-refractivity contribution in [3.8, 4) is 0 Å². The minimum absolute atomic E-state index is 0.441. The third-order valence-corrected chi connectivity index (χ3v) is 3.78. The zero-order valence-corrected chi connectivity index (χ0v) is 9.27. The lowest BCUT2D eigenvalue weighted by molar-refractivity contribution is -0.120. The SMILES string of the molecule is Cc1csc(CC2CCC(=O)CC2)n1. The van der Waals surface area contributed by atoms with Crippen molar-refractivity contribution in [3.05, 3.63) is 16.1 Å². The smallest absolute Gasteiger partial charge is 0.132 e. The number of carbonyl (C=O) groups is 1. The van der Waals surface area contributed by atoms with Gasteiger partial charge in [-0.05, 0) is 25.7 Å². The first-order chi connectivity index (χ1) is 6.74. The molecular weight excluding hydrogens is 194 g/mol. The Labute approximate surface area is 88.4 Å². The highest BCUT2D eigenvalue weighted by atomic mass is 32.1. The van der Waals surface area contributed by atoms with E-state index in [0.717, 1.165) is 37.8 Å². The first-order valence-electron chi connectivity index (χ1n) is 5.17. The molecule has 0 saturated heterocycles. The maximum Gasteiger partial charge on any atom is 0.132 e. The monoisotopic (exact) mass is 209 g/mol. The summed E-state index contributed by atoms with van der Waals surface area (Å²) >= 11 is 1.75. The van der Waals surface area contributed by atoms with Gasteiger partial charge >= 0.3 is 0 Å². The van der Waals surface area contributed by atoms with Gasteiger partial charge in [-0.3, -0.25) is 4.79 Å². The van der Waals surface area contributed by atoms with Crippen molar-refractivity contribution in [2.45, 2.75) is 39.0 Å². The quantitative estimate of drug-likeness (QED) is 0.749. The summed E-state index contributed by atoms with van der Waals surface area (Å²) in [4.78, 5) is 15.5. The number of thiazole rings is 1. The van der Waals surface area contributed by atoms with Gasteiger partial charge in [0.05, 0.1) is 5.01 Å². The molecule has 0 radical (unpaired) electrons. The fourth-order valence-corrected chi connectivity index (χ4v) is 2.84. The fourth-order valence-electron chi connectivity index (χ4n) is 1.95. The summed E-state index contributed by atoms with van der Waals surface area (Å²) < 4.78 is 0. The average molecular weight is 209 g/mol. The predicted molar refractivity (Wildman–Crippen MR) is 57.5 cm³/mol. The molecule has 2 nitrogen and oxygen atoms in total. The van der Waals surface area contributed by atoms with E-state index in [2.05, 4.69) is 10.4 Å². The molecule has 2 rings (SSSR count). The van der Waals surface area contributed by atoms with Crippen molar-refractivity contribution in [2.24, 2.45) is 5.92 Å². The lowest BCUT2D eigenvalue weighted by Crippen LogP contribution is -2.15. The van der Waals surface area contributed by atoms with Gasteiger partial charge in [0, 0.05) is 30.3 Å². The van der Waals surface area contributed by atoms with Crippen LogP contribution in [-0.2, 0) is 11.2 Å². The molecule has 1 aliphatic rings. The van der Waals surface area contributed by atoms with E-state index in [-0.39, 0.29) is 0 Å². The van der Waals surface area contributed by atoms with E-state index in [1.807, 2.05) is 6.92 Å². The maximum absolute atomic E-state index is 11.1. The second-order valence-electron chi connectivity index (χ2n) is 4.07. The lowest BCUT2D eigenvalue weighted by Gasteiger charge is -2.19. The van der Waals surface area contributed by atoms with Crippen LogP contribution < -0.4 is 0 Å². The molecule has 76 valence electrons. The van der Waals surface area contributed by atoms with Crippen molar-refractivity contribution >= 4 is 17.1 Å². The summed E-state index contributed by atoms with van der Waals surface area (Å²) in [6, 6.07) is 0. The summed E-state index contributed by atoms with van der Waals surface area (Å²) in [5.41, 5.74) is 1.12. The number of aromatic nitrogens is 1. The van der Waals surface area contributed by atoms with Gasteiger partial charge in [-0.15, -0.1) is 11.3 Å². The van der Waals surface area contributed by atoms with Gasteiger partial charge < -0.3 is 0 Å². The van der Waals surface area contributed by atoms with Crippen molar-refractivity contribution < 1.29 is 4.79 Å². The molecule has 1 aromatic heterocycles. The largest absolute Gasteiger partial charge is 0.300 e. The molecule has 14 heavy (non-hydrogen) atoms. The molecule has 0 spiro atoms. The van der Waals surface area contributed by atoms with E-state index in [4.69, 9.17) is 0 Å². The normalized spacial score (nSPS) is 18.8. The molecule has 0 atom stereocenters. The van der Waals surface area contributed by atoms with E-state index in [1.54, 1.807) is 11.3 Å². The third kappa shape index (κ3) is 2.41. The Hall–Kier alpha value is -0.700. The molecule has 1 fully saturated rings. The highest BCUT2D eigenvalue weighted by Crippen LogP contribution is 2.26. The summed E-state index contributed by atoms with van der Waals surface area (Å²) in [6.45, 7) is 2.03. The van der Waals surface area contributed by atoms with Crippen LogP contribution in [0, 0.1) is 12.8 Å². The van der Waals surface area contributed by atoms with Gasteiger partial charge in [0.15, 0.2) is 0 Å². The summed E-state index contributed by atoms with van der Waals surface area (Å²) in [5.74, 6) is 1.13. The van der Waals surface area contributed by atoms with Crippen LogP contribution in [0.4, 0.5) is 0 Å². The number of aryl methyl sites for hydroxylation is 1. The minimum Gasteiger partial charge on any atom is -0.300 e. The standard InChI is InChI=1S/C11H15NOS/c1-8-7-14-11(12-8)6-9-2-4-10(13)5-3-9/h7,9H,2-6H2,1H3. The highest BCUT2D eigenvalue weighted by molar-refractivity contribution is 7.09. The molecule has 0 unspecified atom stereocenters. The van der Waals surface area contributed by atoms with E-state index < -0.39 is 0 Å². The minimum atomic E-state index is 0.441. The molecule has 1 heterocycles. The van der Waals surface area contributed by atoms with Crippen LogP contribution in [0.25, 0.3) is 0 Å². The van der Waals surface area contributed by atoms with Crippen LogP contribution in [0.5, 0.6) is 0 Å². The Morgan fingerprint density at radius 3 is 2.79 bits per heavy atom. The van der Waals surface area contributed by atoms with Gasteiger partial charge in [-0.2, -0.15) is 0 Å². The van der Waals surface area contributed by atoms with Gasteiger partial charge in [0.2, 0.25) is 0 Å². The number of Topliss-reactive ketones (excluding diaryl/α,β-unsaturated/α-hetero) is 1. The second-order valence-corrected chi connectivity index (χ2v) is 5.01. The zero-order valence-electron chi connectivity index (χ0n) is 8.45. The Kier molecular flexibility index (Phi) is 2.96. The van der Waals surface area contributed by atoms with E-state index >= 15 is 0 Å². The summed E-state index contributed by atoms with van der Waals surface area (Å²) in [7, 11) is 0. The van der Waals surface area contributed by atoms with Gasteiger partial charge in [-0.1, -0.05) is 0 Å². The van der Waals surface area contributed by atoms with Crippen LogP contribution in [0.2, 0.25) is 0 Å². The second kappa shape index (κ2) is 4.22. The molecule has 3 heteroatoms. The first kappa shape index (κ1) is 9.84. The third-order valence-electron chi connectivity index (χ3n) is 2.79. The summed E-state index contributed by atoms with van der Waals surface area (Å²) in [5, 5.41) is 3.34. The number of ketones is 1. The number of rotatable bonds is 2. The molecule has 0 aliphatic heterocycles. The molecule has 0 aromatic carbocycles. The Morgan fingerprint density at radius 2 is 2.21 bits per heavy atom. The van der Waals surface area contributed by atoms with Crippen LogP contribution >= 0.6 is 11.3 Å². The fraction of sp³-hybridized carbons (Fsp3) is 0.636. The van der Waals surface area contributed by atoms with E-state index in [9.17, 15) is 4.79 Å². The Morgan fingerprint density at radius 1 is 1.50 bits per heavy atom. The number of hydrogen-bond acceptors (Lipinski definition) is 3. The molecule has 1 aromatic rings. The van der Waals surface area contributed by atoms with Crippen LogP contribution in [-0.4, -0.2) is 10.8 Å². The van der Waals surface area contributed by atoms with Gasteiger partial charge in [-0.25, -0.2) is 4.98 Å². The summed E-state index contributed by atoms with van der Waals surface area (Å²) in [6.07, 6.45) is 4.78. The van der Waals surface area contributed by atoms with Crippen LogP contribution in [0.15, 0.2) is 5.38 Å². The highest BCUT2D eigenvalue weighted by Gasteiger charge is 2.19. The van der Waals surface area contributed by atoms with Crippen molar-refractivity contribution in [3.63, 3.8) is 0 Å². The topological polar surface area (TPSA) is 30.0 Å².